The van der Waals surface area contributed by atoms with E-state index in [0.29, 0.717) is 0 Å². The minimum Gasteiger partial charge on any atom is -0.459 e. The average molecular weight is 237 g/mol. The van der Waals surface area contributed by atoms with Crippen LogP contribution in [0.25, 0.3) is 0 Å². The topological polar surface area (TPSA) is 75.6 Å². The Morgan fingerprint density at radius 3 is 2.53 bits per heavy atom. The molecule has 1 aromatic carbocycles. The molecule has 0 aliphatic rings. The molecule has 0 heterocycles. The van der Waals surface area contributed by atoms with Gasteiger partial charge in [0.25, 0.3) is 0 Å². The molecule has 0 aliphatic heterocycles. The van der Waals surface area contributed by atoms with Crippen LogP contribution >= 0.6 is 0 Å². The number of hydrogen-bond donors (Lipinski definition) is 2. The molecule has 1 aromatic rings. The van der Waals surface area contributed by atoms with Crippen molar-refractivity contribution in [2.45, 2.75) is 19.6 Å². The van der Waals surface area contributed by atoms with Crippen molar-refractivity contribution < 1.29 is 19.4 Å². The molecule has 92 valence electrons. The van der Waals surface area contributed by atoms with E-state index < -0.39 is 18.6 Å². The average Bonchev–Trinajstić information content (AvgIpc) is 2.34. The second-order valence-electron chi connectivity index (χ2n) is 3.53. The van der Waals surface area contributed by atoms with Crippen LogP contribution in [0.5, 0.6) is 0 Å². The highest BCUT2D eigenvalue weighted by molar-refractivity contribution is 5.83. The van der Waals surface area contributed by atoms with E-state index in [1.165, 1.54) is 6.92 Å². The van der Waals surface area contributed by atoms with Crippen molar-refractivity contribution in [2.75, 3.05) is 6.61 Å². The summed E-state index contributed by atoms with van der Waals surface area (Å²) >= 11 is 0. The van der Waals surface area contributed by atoms with Gasteiger partial charge in [-0.15, -0.1) is 0 Å². The minimum atomic E-state index is -1.00. The van der Waals surface area contributed by atoms with Crippen LogP contribution in [0, 0.1) is 0 Å². The number of benzene rings is 1. The highest BCUT2D eigenvalue weighted by Crippen LogP contribution is 2.01. The summed E-state index contributed by atoms with van der Waals surface area (Å²) in [4.78, 5) is 22.2. The summed E-state index contributed by atoms with van der Waals surface area (Å²) in [7, 11) is 0. The Bertz CT molecular complexity index is 377. The highest BCUT2D eigenvalue weighted by atomic mass is 16.5. The molecule has 1 amide bonds. The zero-order valence-corrected chi connectivity index (χ0v) is 9.55. The van der Waals surface area contributed by atoms with E-state index in [4.69, 9.17) is 9.84 Å². The molecular formula is C12H15NO4. The van der Waals surface area contributed by atoms with Crippen molar-refractivity contribution in [1.82, 2.24) is 5.32 Å². The van der Waals surface area contributed by atoms with Crippen LogP contribution in [0.3, 0.4) is 0 Å². The van der Waals surface area contributed by atoms with E-state index in [2.05, 4.69) is 5.32 Å². The molecule has 0 saturated heterocycles. The van der Waals surface area contributed by atoms with Gasteiger partial charge in [-0.3, -0.25) is 4.79 Å². The summed E-state index contributed by atoms with van der Waals surface area (Å²) in [5.41, 5.74) is 0.848. The van der Waals surface area contributed by atoms with Crippen molar-refractivity contribution in [3.8, 4) is 0 Å². The number of carbonyl (C=O) groups excluding carboxylic acids is 2. The van der Waals surface area contributed by atoms with Gasteiger partial charge in [-0.2, -0.15) is 0 Å². The van der Waals surface area contributed by atoms with Crippen molar-refractivity contribution in [1.29, 1.82) is 0 Å². The van der Waals surface area contributed by atoms with Crippen LogP contribution in [-0.4, -0.2) is 29.6 Å². The normalized spacial score (nSPS) is 11.6. The predicted molar refractivity (Wildman–Crippen MR) is 60.9 cm³/mol. The molecule has 0 aromatic heterocycles. The molecule has 1 rings (SSSR count). The van der Waals surface area contributed by atoms with Gasteiger partial charge in [0.2, 0.25) is 5.91 Å². The van der Waals surface area contributed by atoms with Gasteiger partial charge in [-0.1, -0.05) is 30.3 Å². The number of esters is 1. The SMILES string of the molecule is CC(=O)N[C@H](CO)C(=O)OCc1ccccc1. The van der Waals surface area contributed by atoms with Crippen molar-refractivity contribution >= 4 is 11.9 Å². The third-order valence-corrected chi connectivity index (χ3v) is 2.07. The molecule has 0 spiro atoms. The van der Waals surface area contributed by atoms with Crippen LogP contribution in [0.1, 0.15) is 12.5 Å². The number of ether oxygens (including phenoxy) is 1. The van der Waals surface area contributed by atoms with Crippen molar-refractivity contribution in [2.24, 2.45) is 0 Å². The summed E-state index contributed by atoms with van der Waals surface area (Å²) in [5, 5.41) is 11.2. The second kappa shape index (κ2) is 6.65. The number of aliphatic hydroxyl groups excluding tert-OH is 1. The van der Waals surface area contributed by atoms with Crippen LogP contribution in [-0.2, 0) is 20.9 Å². The number of carbonyl (C=O) groups is 2. The molecule has 1 atom stereocenters. The predicted octanol–water partition coefficient (Wildman–Crippen LogP) is 0.227. The van der Waals surface area contributed by atoms with Gasteiger partial charge in [-0.25, -0.2) is 4.79 Å². The first-order chi connectivity index (χ1) is 8.13. The fourth-order valence-corrected chi connectivity index (χ4v) is 1.25. The van der Waals surface area contributed by atoms with E-state index in [9.17, 15) is 9.59 Å². The molecule has 0 saturated carbocycles. The van der Waals surface area contributed by atoms with E-state index in [1.807, 2.05) is 30.3 Å². The Kier molecular flexibility index (Phi) is 5.16. The molecule has 0 aliphatic carbocycles. The van der Waals surface area contributed by atoms with Gasteiger partial charge >= 0.3 is 5.97 Å². The first kappa shape index (κ1) is 13.2. The van der Waals surface area contributed by atoms with Crippen LogP contribution < -0.4 is 5.32 Å². The quantitative estimate of drug-likeness (QED) is 0.719. The largest absolute Gasteiger partial charge is 0.459 e. The number of hydrogen-bond acceptors (Lipinski definition) is 4. The lowest BCUT2D eigenvalue weighted by molar-refractivity contribution is -0.150. The lowest BCUT2D eigenvalue weighted by Crippen LogP contribution is -2.43. The summed E-state index contributed by atoms with van der Waals surface area (Å²) in [6.45, 7) is 0.913. The third kappa shape index (κ3) is 4.65. The first-order valence-electron chi connectivity index (χ1n) is 5.22. The molecule has 0 bridgehead atoms. The van der Waals surface area contributed by atoms with Crippen molar-refractivity contribution in [3.05, 3.63) is 35.9 Å². The van der Waals surface area contributed by atoms with E-state index in [-0.39, 0.29) is 12.5 Å². The Labute approximate surface area is 99.4 Å². The molecule has 0 unspecified atom stereocenters. The molecule has 5 nitrogen and oxygen atoms in total. The highest BCUT2D eigenvalue weighted by Gasteiger charge is 2.19. The van der Waals surface area contributed by atoms with Gasteiger partial charge in [0.15, 0.2) is 6.04 Å². The Balaban J connectivity index is 2.45. The number of aliphatic hydroxyl groups is 1. The Morgan fingerprint density at radius 2 is 2.00 bits per heavy atom. The monoisotopic (exact) mass is 237 g/mol. The Morgan fingerprint density at radius 1 is 1.35 bits per heavy atom. The smallest absolute Gasteiger partial charge is 0.331 e. The zero-order valence-electron chi connectivity index (χ0n) is 9.55. The van der Waals surface area contributed by atoms with E-state index in [0.717, 1.165) is 5.56 Å². The summed E-state index contributed by atoms with van der Waals surface area (Å²) < 4.78 is 4.97. The number of nitrogens with one attached hydrogen (secondary N) is 1. The maximum atomic E-state index is 11.5. The van der Waals surface area contributed by atoms with Gasteiger partial charge in [0.1, 0.15) is 6.61 Å². The zero-order chi connectivity index (χ0) is 12.7. The number of rotatable bonds is 5. The lowest BCUT2D eigenvalue weighted by Gasteiger charge is -2.14. The fraction of sp³-hybridized carbons (Fsp3) is 0.333. The van der Waals surface area contributed by atoms with Gasteiger partial charge < -0.3 is 15.2 Å². The van der Waals surface area contributed by atoms with Gasteiger partial charge in [0.05, 0.1) is 6.61 Å². The fourth-order valence-electron chi connectivity index (χ4n) is 1.25. The van der Waals surface area contributed by atoms with Crippen LogP contribution in [0.15, 0.2) is 30.3 Å². The van der Waals surface area contributed by atoms with Crippen molar-refractivity contribution in [3.63, 3.8) is 0 Å². The van der Waals surface area contributed by atoms with Crippen LogP contribution in [0.2, 0.25) is 0 Å². The molecule has 0 fully saturated rings. The maximum absolute atomic E-state index is 11.5. The van der Waals surface area contributed by atoms with E-state index >= 15 is 0 Å². The number of amides is 1. The standard InChI is InChI=1S/C12H15NO4/c1-9(15)13-11(7-14)12(16)17-8-10-5-3-2-4-6-10/h2-6,11,14H,7-8H2,1H3,(H,13,15)/t11-/m1/s1. The summed E-state index contributed by atoms with van der Waals surface area (Å²) in [6, 6.07) is 8.16. The van der Waals surface area contributed by atoms with Crippen LogP contribution in [0.4, 0.5) is 0 Å². The summed E-state index contributed by atoms with van der Waals surface area (Å²) in [5.74, 6) is -1.03. The summed E-state index contributed by atoms with van der Waals surface area (Å²) in [6.07, 6.45) is 0. The van der Waals surface area contributed by atoms with Gasteiger partial charge in [0, 0.05) is 6.92 Å². The third-order valence-electron chi connectivity index (χ3n) is 2.07. The molecule has 5 heteroatoms. The first-order valence-corrected chi connectivity index (χ1v) is 5.22. The lowest BCUT2D eigenvalue weighted by atomic mass is 10.2. The molecular weight excluding hydrogens is 222 g/mol. The Hall–Kier alpha value is -1.88. The van der Waals surface area contributed by atoms with Gasteiger partial charge in [-0.05, 0) is 5.56 Å². The molecule has 17 heavy (non-hydrogen) atoms. The molecule has 0 radical (unpaired) electrons. The second-order valence-corrected chi connectivity index (χ2v) is 3.53. The van der Waals surface area contributed by atoms with E-state index in [1.54, 1.807) is 0 Å². The minimum absolute atomic E-state index is 0.121. The molecule has 2 N–H and O–H groups in total. The maximum Gasteiger partial charge on any atom is 0.331 e.